The summed E-state index contributed by atoms with van der Waals surface area (Å²) in [5, 5.41) is 17.2. The van der Waals surface area contributed by atoms with Gasteiger partial charge in [-0.1, -0.05) is 0 Å². The fourth-order valence-corrected chi connectivity index (χ4v) is 1.87. The zero-order valence-electron chi connectivity index (χ0n) is 10.1. The van der Waals surface area contributed by atoms with Gasteiger partial charge >= 0.3 is 0 Å². The number of aliphatic hydroxyl groups is 1. The number of hydrogen-bond acceptors (Lipinski definition) is 3. The number of aryl methyl sites for hydroxylation is 2. The molecule has 0 saturated heterocycles. The van der Waals surface area contributed by atoms with Gasteiger partial charge in [0.1, 0.15) is 0 Å². The maximum absolute atomic E-state index is 9.45. The highest BCUT2D eigenvalue weighted by Gasteiger charge is 2.31. The van der Waals surface area contributed by atoms with E-state index in [4.69, 9.17) is 0 Å². The minimum absolute atomic E-state index is 0.166. The van der Waals surface area contributed by atoms with E-state index in [1.165, 1.54) is 18.4 Å². The lowest BCUT2D eigenvalue weighted by molar-refractivity contribution is 0.157. The number of aromatic nitrogens is 2. The van der Waals surface area contributed by atoms with Crippen LogP contribution in [0.4, 0.5) is 0 Å². The molecule has 1 saturated carbocycles. The fourth-order valence-electron chi connectivity index (χ4n) is 1.87. The zero-order valence-corrected chi connectivity index (χ0v) is 10.1. The van der Waals surface area contributed by atoms with Crippen LogP contribution in [0.2, 0.25) is 0 Å². The monoisotopic (exact) mass is 223 g/mol. The van der Waals surface area contributed by atoms with Crippen LogP contribution in [-0.4, -0.2) is 33.1 Å². The number of nitrogens with zero attached hydrogens (tertiary/aromatic N) is 2. The van der Waals surface area contributed by atoms with E-state index in [-0.39, 0.29) is 12.1 Å². The van der Waals surface area contributed by atoms with Crippen LogP contribution in [0.15, 0.2) is 12.4 Å². The second-order valence-electron chi connectivity index (χ2n) is 5.17. The summed E-state index contributed by atoms with van der Waals surface area (Å²) < 4.78 is 1.94. The Kier molecular flexibility index (Phi) is 3.30. The molecule has 0 radical (unpaired) electrons. The van der Waals surface area contributed by atoms with Gasteiger partial charge in [-0.25, -0.2) is 0 Å². The van der Waals surface area contributed by atoms with E-state index in [1.807, 2.05) is 24.0 Å². The van der Waals surface area contributed by atoms with Crippen molar-refractivity contribution in [2.24, 2.45) is 0 Å². The lowest BCUT2D eigenvalue weighted by Crippen LogP contribution is -2.47. The Labute approximate surface area is 96.7 Å². The summed E-state index contributed by atoms with van der Waals surface area (Å²) in [5.74, 6) is 0. The molecule has 1 unspecified atom stereocenters. The van der Waals surface area contributed by atoms with E-state index in [2.05, 4.69) is 17.3 Å². The third-order valence-corrected chi connectivity index (χ3v) is 3.13. The Morgan fingerprint density at radius 1 is 1.62 bits per heavy atom. The van der Waals surface area contributed by atoms with Gasteiger partial charge in [-0.15, -0.1) is 0 Å². The number of aliphatic hydroxyl groups excluding tert-OH is 1. The maximum atomic E-state index is 9.45. The molecule has 2 N–H and O–H groups in total. The predicted octanol–water partition coefficient (Wildman–Crippen LogP) is 1.08. The van der Waals surface area contributed by atoms with E-state index in [0.717, 1.165) is 13.0 Å². The van der Waals surface area contributed by atoms with Crippen molar-refractivity contribution in [3.8, 4) is 0 Å². The van der Waals surface area contributed by atoms with E-state index in [1.54, 1.807) is 0 Å². The number of hydrogen-bond donors (Lipinski definition) is 2. The molecule has 16 heavy (non-hydrogen) atoms. The van der Waals surface area contributed by atoms with Crippen molar-refractivity contribution < 1.29 is 5.11 Å². The van der Waals surface area contributed by atoms with E-state index < -0.39 is 0 Å². The van der Waals surface area contributed by atoms with Crippen molar-refractivity contribution in [1.82, 2.24) is 15.1 Å². The van der Waals surface area contributed by atoms with Gasteiger partial charge in [-0.3, -0.25) is 4.68 Å². The Hall–Kier alpha value is -0.870. The van der Waals surface area contributed by atoms with Gasteiger partial charge in [0, 0.05) is 24.3 Å². The summed E-state index contributed by atoms with van der Waals surface area (Å²) in [6.07, 6.45) is 7.30. The molecule has 1 aromatic heterocycles. The van der Waals surface area contributed by atoms with Crippen molar-refractivity contribution in [2.75, 3.05) is 6.61 Å². The van der Waals surface area contributed by atoms with Crippen molar-refractivity contribution in [3.05, 3.63) is 18.0 Å². The molecule has 0 amide bonds. The highest BCUT2D eigenvalue weighted by molar-refractivity contribution is 4.99. The van der Waals surface area contributed by atoms with Crippen molar-refractivity contribution in [1.29, 1.82) is 0 Å². The molecule has 1 fully saturated rings. The largest absolute Gasteiger partial charge is 0.394 e. The normalized spacial score (nSPS) is 19.7. The zero-order chi connectivity index (χ0) is 11.6. The molecule has 0 bridgehead atoms. The maximum Gasteiger partial charge on any atom is 0.0611 e. The van der Waals surface area contributed by atoms with Gasteiger partial charge in [-0.05, 0) is 38.7 Å². The van der Waals surface area contributed by atoms with Crippen LogP contribution in [0.25, 0.3) is 0 Å². The molecule has 1 aliphatic rings. The van der Waals surface area contributed by atoms with E-state index in [9.17, 15) is 5.11 Å². The Balaban J connectivity index is 1.85. The Morgan fingerprint density at radius 2 is 2.38 bits per heavy atom. The third-order valence-electron chi connectivity index (χ3n) is 3.13. The predicted molar refractivity (Wildman–Crippen MR) is 63.2 cm³/mol. The molecule has 4 nitrogen and oxygen atoms in total. The van der Waals surface area contributed by atoms with Crippen molar-refractivity contribution >= 4 is 0 Å². The van der Waals surface area contributed by atoms with Gasteiger partial charge in [0.05, 0.1) is 12.8 Å². The van der Waals surface area contributed by atoms with Crippen LogP contribution in [0.1, 0.15) is 31.7 Å². The van der Waals surface area contributed by atoms with E-state index >= 15 is 0 Å². The van der Waals surface area contributed by atoms with Gasteiger partial charge in [-0.2, -0.15) is 5.10 Å². The first-order valence-corrected chi connectivity index (χ1v) is 5.99. The molecule has 4 heteroatoms. The van der Waals surface area contributed by atoms with E-state index in [0.29, 0.717) is 6.04 Å². The number of rotatable bonds is 6. The first-order valence-electron chi connectivity index (χ1n) is 5.99. The summed E-state index contributed by atoms with van der Waals surface area (Å²) >= 11 is 0. The highest BCUT2D eigenvalue weighted by atomic mass is 16.3. The van der Waals surface area contributed by atoms with Crippen LogP contribution < -0.4 is 5.32 Å². The molecule has 1 aliphatic carbocycles. The van der Waals surface area contributed by atoms with Crippen LogP contribution in [0.3, 0.4) is 0 Å². The smallest absolute Gasteiger partial charge is 0.0611 e. The molecule has 0 aromatic carbocycles. The number of nitrogens with one attached hydrogen (secondary N) is 1. The Bertz CT molecular complexity index is 346. The second-order valence-corrected chi connectivity index (χ2v) is 5.17. The molecule has 2 rings (SSSR count). The molecule has 0 aliphatic heterocycles. The van der Waals surface area contributed by atoms with Crippen molar-refractivity contribution in [3.63, 3.8) is 0 Å². The molecule has 0 spiro atoms. The standard InChI is InChI=1S/C12H21N3O/c1-10-7-13-15(8-10)6-5-12(2,9-16)14-11-3-4-11/h7-8,11,14,16H,3-6,9H2,1-2H3. The fraction of sp³-hybridized carbons (Fsp3) is 0.750. The van der Waals surface area contributed by atoms with Crippen LogP contribution in [0.5, 0.6) is 0 Å². The van der Waals surface area contributed by atoms with Crippen LogP contribution in [0, 0.1) is 6.92 Å². The molecule has 1 heterocycles. The highest BCUT2D eigenvalue weighted by Crippen LogP contribution is 2.24. The quantitative estimate of drug-likeness (QED) is 0.759. The molecular weight excluding hydrogens is 202 g/mol. The first-order chi connectivity index (χ1) is 7.61. The molecular formula is C12H21N3O. The average Bonchev–Trinajstić information content (AvgIpc) is 2.97. The van der Waals surface area contributed by atoms with Crippen LogP contribution in [-0.2, 0) is 6.54 Å². The summed E-state index contributed by atoms with van der Waals surface area (Å²) in [7, 11) is 0. The summed E-state index contributed by atoms with van der Waals surface area (Å²) in [4.78, 5) is 0. The summed E-state index contributed by atoms with van der Waals surface area (Å²) in [6.45, 7) is 5.16. The minimum Gasteiger partial charge on any atom is -0.394 e. The molecule has 1 atom stereocenters. The lowest BCUT2D eigenvalue weighted by Gasteiger charge is -2.29. The second kappa shape index (κ2) is 4.55. The first kappa shape index (κ1) is 11.6. The van der Waals surface area contributed by atoms with Crippen LogP contribution >= 0.6 is 0 Å². The average molecular weight is 223 g/mol. The minimum atomic E-state index is -0.166. The van der Waals surface area contributed by atoms with Gasteiger partial charge in [0.15, 0.2) is 0 Å². The van der Waals surface area contributed by atoms with Gasteiger partial charge in [0.25, 0.3) is 0 Å². The van der Waals surface area contributed by atoms with Gasteiger partial charge < -0.3 is 10.4 Å². The third kappa shape index (κ3) is 3.06. The van der Waals surface area contributed by atoms with Gasteiger partial charge in [0.2, 0.25) is 0 Å². The van der Waals surface area contributed by atoms with Crippen molar-refractivity contribution in [2.45, 2.75) is 51.2 Å². The topological polar surface area (TPSA) is 50.1 Å². The lowest BCUT2D eigenvalue weighted by atomic mass is 9.99. The Morgan fingerprint density at radius 3 is 2.88 bits per heavy atom. The summed E-state index contributed by atoms with van der Waals surface area (Å²) in [5.41, 5.74) is 1.02. The SMILES string of the molecule is Cc1cnn(CCC(C)(CO)NC2CC2)c1. The molecule has 1 aromatic rings. The molecule has 90 valence electrons. The summed E-state index contributed by atoms with van der Waals surface area (Å²) in [6, 6.07) is 0.622.